The first-order valence-corrected chi connectivity index (χ1v) is 11.1. The lowest BCUT2D eigenvalue weighted by Gasteiger charge is -2.60. The van der Waals surface area contributed by atoms with Crippen molar-refractivity contribution in [3.8, 4) is 11.5 Å². The summed E-state index contributed by atoms with van der Waals surface area (Å²) in [4.78, 5) is 23.1. The smallest absolute Gasteiger partial charge is 0.308 e. The Hall–Kier alpha value is -1.84. The van der Waals surface area contributed by atoms with Gasteiger partial charge in [0, 0.05) is 13.8 Å². The number of fused-ring (bicyclic) bond motifs is 1. The third-order valence-electron chi connectivity index (χ3n) is 8.21. The first kappa shape index (κ1) is 21.9. The Morgan fingerprint density at radius 2 is 1.69 bits per heavy atom. The van der Waals surface area contributed by atoms with Crippen molar-refractivity contribution in [1.29, 1.82) is 0 Å². The van der Waals surface area contributed by atoms with E-state index in [1.54, 1.807) is 12.1 Å². The molecule has 0 aliphatic heterocycles. The Balaban J connectivity index is 2.00. The van der Waals surface area contributed by atoms with Crippen LogP contribution in [0, 0.1) is 28.6 Å². The second-order valence-corrected chi connectivity index (χ2v) is 9.97. The van der Waals surface area contributed by atoms with Crippen LogP contribution in [0.15, 0.2) is 18.2 Å². The minimum absolute atomic E-state index is 0.103. The van der Waals surface area contributed by atoms with Crippen LogP contribution in [0.5, 0.6) is 11.5 Å². The molecule has 0 saturated heterocycles. The molecule has 4 heteroatoms. The average molecular weight is 401 g/mol. The quantitative estimate of drug-likeness (QED) is 0.462. The van der Waals surface area contributed by atoms with Crippen molar-refractivity contribution in [2.75, 3.05) is 0 Å². The second-order valence-electron chi connectivity index (χ2n) is 9.97. The summed E-state index contributed by atoms with van der Waals surface area (Å²) in [5, 5.41) is 0. The van der Waals surface area contributed by atoms with Gasteiger partial charge in [-0.05, 0) is 78.0 Å². The van der Waals surface area contributed by atoms with Crippen LogP contribution in [0.2, 0.25) is 0 Å². The minimum Gasteiger partial charge on any atom is -0.427 e. The van der Waals surface area contributed by atoms with E-state index in [0.29, 0.717) is 28.7 Å². The van der Waals surface area contributed by atoms with Gasteiger partial charge in [0.15, 0.2) is 0 Å². The lowest BCUT2D eigenvalue weighted by atomic mass is 9.45. The largest absolute Gasteiger partial charge is 0.427 e. The van der Waals surface area contributed by atoms with Crippen LogP contribution >= 0.6 is 0 Å². The van der Waals surface area contributed by atoms with Crippen LogP contribution < -0.4 is 9.47 Å². The zero-order valence-corrected chi connectivity index (χ0v) is 18.8. The zero-order valence-electron chi connectivity index (χ0n) is 18.8. The highest BCUT2D eigenvalue weighted by atomic mass is 16.5. The average Bonchev–Trinajstić information content (AvgIpc) is 2.62. The highest BCUT2D eigenvalue weighted by Gasteiger charge is 2.55. The molecule has 2 saturated carbocycles. The summed E-state index contributed by atoms with van der Waals surface area (Å²) in [5.74, 6) is 2.35. The van der Waals surface area contributed by atoms with Crippen molar-refractivity contribution in [2.45, 2.75) is 80.1 Å². The molecule has 2 aliphatic carbocycles. The van der Waals surface area contributed by atoms with Crippen molar-refractivity contribution < 1.29 is 19.1 Å². The highest BCUT2D eigenvalue weighted by Crippen LogP contribution is 2.62. The van der Waals surface area contributed by atoms with E-state index >= 15 is 0 Å². The van der Waals surface area contributed by atoms with Crippen LogP contribution in [-0.4, -0.2) is 11.9 Å². The maximum absolute atomic E-state index is 11.7. The van der Waals surface area contributed by atoms with Crippen LogP contribution in [-0.2, 0) is 16.0 Å². The summed E-state index contributed by atoms with van der Waals surface area (Å²) in [6, 6.07) is 5.34. The van der Waals surface area contributed by atoms with E-state index in [1.165, 1.54) is 46.0 Å². The summed E-state index contributed by atoms with van der Waals surface area (Å²) >= 11 is 0. The third kappa shape index (κ3) is 4.22. The normalized spacial score (nSPS) is 34.2. The standard InChI is InChI=1S/C25H36O4/c1-16-8-7-9-23-24(16,5)13-12-17(2)25(23,6)15-20-14-21(28-18(3)26)10-11-22(20)29-19(4)27/h10-11,14,16-17,23H,7-9,12-13,15H2,1-6H3/t16-,17-,23-,24+,25+/m0/s1. The Morgan fingerprint density at radius 3 is 2.34 bits per heavy atom. The molecule has 1 aromatic rings. The van der Waals surface area contributed by atoms with Gasteiger partial charge < -0.3 is 9.47 Å². The second kappa shape index (κ2) is 8.12. The molecule has 4 nitrogen and oxygen atoms in total. The van der Waals surface area contributed by atoms with Crippen LogP contribution in [0.4, 0.5) is 0 Å². The number of rotatable bonds is 4. The first-order chi connectivity index (χ1) is 13.6. The van der Waals surface area contributed by atoms with Gasteiger partial charge in [0.1, 0.15) is 11.5 Å². The van der Waals surface area contributed by atoms with Crippen LogP contribution in [0.3, 0.4) is 0 Å². The molecule has 0 unspecified atom stereocenters. The Bertz CT molecular complexity index is 785. The number of benzene rings is 1. The summed E-state index contributed by atoms with van der Waals surface area (Å²) in [5.41, 5.74) is 1.41. The number of carbonyl (C=O) groups excluding carboxylic acids is 2. The van der Waals surface area contributed by atoms with E-state index in [-0.39, 0.29) is 17.4 Å². The number of ether oxygens (including phenoxy) is 2. The maximum Gasteiger partial charge on any atom is 0.308 e. The van der Waals surface area contributed by atoms with E-state index in [2.05, 4.69) is 27.7 Å². The molecule has 0 radical (unpaired) electrons. The number of esters is 2. The fraction of sp³-hybridized carbons (Fsp3) is 0.680. The van der Waals surface area contributed by atoms with Crippen LogP contribution in [0.25, 0.3) is 0 Å². The molecule has 0 heterocycles. The SMILES string of the molecule is CC(=O)Oc1ccc(OC(C)=O)c(C[C@@]2(C)[C@H]3CCC[C@H](C)[C@@]3(C)CC[C@@H]2C)c1. The fourth-order valence-electron chi connectivity index (χ4n) is 6.22. The summed E-state index contributed by atoms with van der Waals surface area (Å²) in [6.07, 6.45) is 7.19. The van der Waals surface area contributed by atoms with Crippen molar-refractivity contribution in [3.05, 3.63) is 23.8 Å². The van der Waals surface area contributed by atoms with Crippen molar-refractivity contribution in [3.63, 3.8) is 0 Å². The number of hydrogen-bond donors (Lipinski definition) is 0. The Labute approximate surface area is 175 Å². The molecule has 1 aromatic carbocycles. The summed E-state index contributed by atoms with van der Waals surface area (Å²) in [6.45, 7) is 12.5. The Kier molecular flexibility index (Phi) is 6.12. The zero-order chi connectivity index (χ0) is 21.4. The van der Waals surface area contributed by atoms with Gasteiger partial charge in [0.25, 0.3) is 0 Å². The molecule has 0 bridgehead atoms. The maximum atomic E-state index is 11.7. The van der Waals surface area contributed by atoms with Gasteiger partial charge >= 0.3 is 11.9 Å². The van der Waals surface area contributed by atoms with E-state index < -0.39 is 0 Å². The van der Waals surface area contributed by atoms with Crippen molar-refractivity contribution >= 4 is 11.9 Å². The third-order valence-corrected chi connectivity index (χ3v) is 8.21. The van der Waals surface area contributed by atoms with Gasteiger partial charge in [-0.1, -0.05) is 40.5 Å². The lowest BCUT2D eigenvalue weighted by Crippen LogP contribution is -2.53. The van der Waals surface area contributed by atoms with E-state index in [9.17, 15) is 9.59 Å². The van der Waals surface area contributed by atoms with E-state index in [0.717, 1.165) is 17.9 Å². The molecule has 29 heavy (non-hydrogen) atoms. The van der Waals surface area contributed by atoms with E-state index in [1.807, 2.05) is 6.07 Å². The van der Waals surface area contributed by atoms with Gasteiger partial charge in [-0.2, -0.15) is 0 Å². The molecule has 160 valence electrons. The van der Waals surface area contributed by atoms with Gasteiger partial charge in [-0.25, -0.2) is 0 Å². The summed E-state index contributed by atoms with van der Waals surface area (Å²) < 4.78 is 10.9. The topological polar surface area (TPSA) is 52.6 Å². The molecule has 2 fully saturated rings. The monoisotopic (exact) mass is 400 g/mol. The van der Waals surface area contributed by atoms with Gasteiger partial charge in [0.2, 0.25) is 0 Å². The van der Waals surface area contributed by atoms with Crippen molar-refractivity contribution in [1.82, 2.24) is 0 Å². The number of hydrogen-bond acceptors (Lipinski definition) is 4. The Morgan fingerprint density at radius 1 is 1.00 bits per heavy atom. The molecule has 0 aromatic heterocycles. The van der Waals surface area contributed by atoms with E-state index in [4.69, 9.17) is 9.47 Å². The molecule has 0 amide bonds. The van der Waals surface area contributed by atoms with Gasteiger partial charge in [-0.3, -0.25) is 9.59 Å². The van der Waals surface area contributed by atoms with Crippen molar-refractivity contribution in [2.24, 2.45) is 28.6 Å². The predicted molar refractivity (Wildman–Crippen MR) is 114 cm³/mol. The first-order valence-electron chi connectivity index (χ1n) is 11.1. The molecule has 2 aliphatic rings. The highest BCUT2D eigenvalue weighted by molar-refractivity contribution is 5.71. The van der Waals surface area contributed by atoms with Crippen LogP contribution in [0.1, 0.15) is 79.2 Å². The molecular formula is C25H36O4. The number of carbonyl (C=O) groups is 2. The fourth-order valence-corrected chi connectivity index (χ4v) is 6.22. The predicted octanol–water partition coefficient (Wildman–Crippen LogP) is 5.96. The van der Waals surface area contributed by atoms with Gasteiger partial charge in [-0.15, -0.1) is 0 Å². The molecule has 0 N–H and O–H groups in total. The van der Waals surface area contributed by atoms with Gasteiger partial charge in [0.05, 0.1) is 0 Å². The minimum atomic E-state index is -0.345. The molecule has 3 rings (SSSR count). The molecule has 5 atom stereocenters. The molecular weight excluding hydrogens is 364 g/mol. The molecule has 0 spiro atoms. The summed E-state index contributed by atoms with van der Waals surface area (Å²) in [7, 11) is 0. The lowest BCUT2D eigenvalue weighted by molar-refractivity contribution is -0.133.